The van der Waals surface area contributed by atoms with E-state index in [0.717, 1.165) is 41.6 Å². The Morgan fingerprint density at radius 3 is 1.87 bits per heavy atom. The van der Waals surface area contributed by atoms with Gasteiger partial charge in [0, 0.05) is 54.3 Å². The zero-order valence-electron chi connectivity index (χ0n) is 55.4. The third kappa shape index (κ3) is 19.7. The standard InChI is InChI=1S/C64H83F4NO22S6/c1-43-23-24-47-49(40-45(96(77,78)86-9)42-52(47)97(79,80)87-10)55(43)63(2,28-20-38-94(73,74)84-7)27-18-14-12-11-13-16-21-53-64(3,29-31-88-34-35-90-37-36-89-33-32-81-4)56-48-39-44(95(75,76)85-8)41-51(92(71)82-5)46(48)25-26-50(56)69(53)30-19-15-17-22-54(70)91-61-57(65)59(67)62(93(72)83-6)60(68)58(61)66/h11-14,16,18,21,23-26,39-42,57,59,61-62H,15,17,19-20,22,27-38H2,1-10H3/b12-11+,16-13+,18-14+,53-21+. The number of aryl methyl sites for hydroxylation is 1. The summed E-state index contributed by atoms with van der Waals surface area (Å²) in [5.41, 5.74) is 1.01. The summed E-state index contributed by atoms with van der Waals surface area (Å²) in [4.78, 5) is 13.9. The van der Waals surface area contributed by atoms with E-state index in [0.29, 0.717) is 71.7 Å². The summed E-state index contributed by atoms with van der Waals surface area (Å²) in [6.45, 7) is 7.74. The van der Waals surface area contributed by atoms with Crippen molar-refractivity contribution in [1.29, 1.82) is 0 Å². The number of halogens is 4. The van der Waals surface area contributed by atoms with E-state index in [4.69, 9.17) is 44.6 Å². The van der Waals surface area contributed by atoms with Crippen molar-refractivity contribution < 1.29 is 113 Å². The number of nitrogens with zero attached hydrogens (tertiary/aromatic N) is 1. The smallest absolute Gasteiger partial charge is 0.306 e. The first kappa shape index (κ1) is 80.8. The molecule has 2 aliphatic rings. The molecule has 4 aromatic carbocycles. The first-order valence-corrected chi connectivity index (χ1v) is 38.4. The lowest BCUT2D eigenvalue weighted by Gasteiger charge is -2.33. The number of alkyl halides is 2. The maximum absolute atomic E-state index is 15.1. The van der Waals surface area contributed by atoms with Gasteiger partial charge in [0.1, 0.15) is 10.1 Å². The predicted molar refractivity (Wildman–Crippen MR) is 356 cm³/mol. The third-order valence-electron chi connectivity index (χ3n) is 16.7. The van der Waals surface area contributed by atoms with Crippen LogP contribution in [-0.2, 0) is 127 Å². The van der Waals surface area contributed by atoms with Crippen LogP contribution in [-0.4, -0.2) is 180 Å². The summed E-state index contributed by atoms with van der Waals surface area (Å²) in [7, 11) is -9.81. The molecule has 8 atom stereocenters. The van der Waals surface area contributed by atoms with Crippen molar-refractivity contribution in [1.82, 2.24) is 0 Å². The molecule has 0 aromatic heterocycles. The second-order valence-corrected chi connectivity index (χ2v) is 32.3. The predicted octanol–water partition coefficient (Wildman–Crippen LogP) is 9.79. The lowest BCUT2D eigenvalue weighted by atomic mass is 9.72. The average Bonchev–Trinajstić information content (AvgIpc) is 1.60. The Labute approximate surface area is 570 Å². The normalized spacial score (nSPS) is 20.7. The molecule has 97 heavy (non-hydrogen) atoms. The number of methoxy groups -OCH3 is 1. The van der Waals surface area contributed by atoms with Crippen LogP contribution in [0.4, 0.5) is 23.2 Å². The number of rotatable bonds is 40. The average molecular weight is 1490 g/mol. The van der Waals surface area contributed by atoms with E-state index in [1.165, 1.54) is 31.4 Å². The molecule has 0 amide bonds. The van der Waals surface area contributed by atoms with E-state index in [-0.39, 0.29) is 91.2 Å². The maximum atomic E-state index is 15.1. The number of hydrogen-bond donors (Lipinski definition) is 0. The number of esters is 1. The van der Waals surface area contributed by atoms with Crippen LogP contribution in [0, 0.1) is 6.92 Å². The maximum Gasteiger partial charge on any atom is 0.306 e. The Hall–Kier alpha value is -5.21. The van der Waals surface area contributed by atoms with Crippen LogP contribution >= 0.6 is 0 Å². The number of allylic oxidation sites excluding steroid dienone is 8. The monoisotopic (exact) mass is 1490 g/mol. The van der Waals surface area contributed by atoms with Gasteiger partial charge in [-0.3, -0.25) is 29.9 Å². The SMILES string of the molecule is COCCOCCOCCOCCC1(C)\C(=C/C=C/C=C/C=C/CC(C)(CCCS(=O)(=O)OC)c2c(C)ccc3c(S(=O)(=O)OC)cc(S(=O)(=O)OC)cc23)N(CCCCCC(=O)OC2C(F)=C(F)C(S(=O)OC)C(F)C2F)c2ccc3c(S(=O)OC)cc(S(=O)(=O)OC)cc3c21. The molecule has 0 spiro atoms. The van der Waals surface area contributed by atoms with Gasteiger partial charge in [0.25, 0.3) is 40.5 Å². The van der Waals surface area contributed by atoms with E-state index < -0.39 is 131 Å². The van der Waals surface area contributed by atoms with Crippen molar-refractivity contribution in [2.45, 2.75) is 126 Å². The highest BCUT2D eigenvalue weighted by molar-refractivity contribution is 7.88. The zero-order valence-corrected chi connectivity index (χ0v) is 60.3. The molecule has 0 fully saturated rings. The van der Waals surface area contributed by atoms with Gasteiger partial charge in [0.2, 0.25) is 0 Å². The molecule has 0 radical (unpaired) electrons. The van der Waals surface area contributed by atoms with E-state index in [9.17, 15) is 55.7 Å². The van der Waals surface area contributed by atoms with Crippen molar-refractivity contribution >= 4 is 95.8 Å². The van der Waals surface area contributed by atoms with Crippen LogP contribution in [0.1, 0.15) is 81.9 Å². The molecule has 0 saturated heterocycles. The number of hydrogen-bond acceptors (Lipinski definition) is 23. The molecule has 0 saturated carbocycles. The third-order valence-corrected chi connectivity index (χ3v) is 24.0. The van der Waals surface area contributed by atoms with Gasteiger partial charge in [-0.15, -0.1) is 0 Å². The summed E-state index contributed by atoms with van der Waals surface area (Å²) in [5.74, 6) is -5.33. The van der Waals surface area contributed by atoms with Gasteiger partial charge in [-0.1, -0.05) is 68.0 Å². The molecular weight excluding hydrogens is 1400 g/mol. The van der Waals surface area contributed by atoms with Crippen LogP contribution < -0.4 is 4.90 Å². The summed E-state index contributed by atoms with van der Waals surface area (Å²) < 4.78 is 248. The van der Waals surface area contributed by atoms with E-state index in [1.807, 2.05) is 30.9 Å². The lowest BCUT2D eigenvalue weighted by Crippen LogP contribution is -2.48. The van der Waals surface area contributed by atoms with Crippen LogP contribution in [0.25, 0.3) is 21.5 Å². The number of carbonyl (C=O) groups is 1. The summed E-state index contributed by atoms with van der Waals surface area (Å²) in [6.07, 6.45) is 5.07. The Morgan fingerprint density at radius 2 is 1.25 bits per heavy atom. The molecule has 0 N–H and O–H groups in total. The highest BCUT2D eigenvalue weighted by atomic mass is 32.2. The number of benzene rings is 4. The van der Waals surface area contributed by atoms with Crippen molar-refractivity contribution in [2.24, 2.45) is 0 Å². The van der Waals surface area contributed by atoms with Gasteiger partial charge in [0.15, 0.2) is 52.3 Å². The molecule has 1 aliphatic heterocycles. The highest BCUT2D eigenvalue weighted by Gasteiger charge is 2.52. The number of unbranched alkanes of at least 4 members (excludes halogenated alkanes) is 2. The second-order valence-electron chi connectivity index (χ2n) is 22.8. The Bertz CT molecular complexity index is 4130. The molecule has 4 aromatic rings. The van der Waals surface area contributed by atoms with Crippen LogP contribution in [0.5, 0.6) is 0 Å². The fourth-order valence-electron chi connectivity index (χ4n) is 11.8. The molecule has 8 unspecified atom stereocenters. The van der Waals surface area contributed by atoms with E-state index in [2.05, 4.69) is 4.18 Å². The number of anilines is 1. The summed E-state index contributed by atoms with van der Waals surface area (Å²) in [6, 6.07) is 11.6. The number of ether oxygens (including phenoxy) is 5. The molecule has 6 rings (SSSR count). The Balaban J connectivity index is 1.39. The second kappa shape index (κ2) is 35.9. The molecule has 23 nitrogen and oxygen atoms in total. The molecule has 0 bridgehead atoms. The van der Waals surface area contributed by atoms with Crippen LogP contribution in [0.15, 0.2) is 128 Å². The van der Waals surface area contributed by atoms with Gasteiger partial charge in [-0.2, -0.15) is 33.7 Å². The van der Waals surface area contributed by atoms with Crippen LogP contribution in [0.3, 0.4) is 0 Å². The minimum atomic E-state index is -4.51. The molecule has 540 valence electrons. The molecular formula is C64H83F4NO22S6. The van der Waals surface area contributed by atoms with Gasteiger partial charge < -0.3 is 28.6 Å². The van der Waals surface area contributed by atoms with Gasteiger partial charge >= 0.3 is 5.97 Å². The minimum Gasteiger partial charge on any atom is -0.452 e. The molecule has 33 heteroatoms. The van der Waals surface area contributed by atoms with Crippen LogP contribution in [0.2, 0.25) is 0 Å². The number of fused-ring (bicyclic) bond motifs is 4. The van der Waals surface area contributed by atoms with Gasteiger partial charge in [0.05, 0.1) is 103 Å². The molecule has 1 aliphatic carbocycles. The summed E-state index contributed by atoms with van der Waals surface area (Å²) in [5, 5.41) is -1.23. The highest BCUT2D eigenvalue weighted by Crippen LogP contribution is 2.54. The lowest BCUT2D eigenvalue weighted by molar-refractivity contribution is -0.153. The van der Waals surface area contributed by atoms with Gasteiger partial charge in [-0.05, 0) is 122 Å². The first-order valence-electron chi connectivity index (χ1n) is 30.4. The van der Waals surface area contributed by atoms with Gasteiger partial charge in [-0.25, -0.2) is 26.0 Å². The largest absolute Gasteiger partial charge is 0.452 e. The summed E-state index contributed by atoms with van der Waals surface area (Å²) >= 11 is -4.94. The van der Waals surface area contributed by atoms with E-state index in [1.54, 1.807) is 62.6 Å². The Morgan fingerprint density at radius 1 is 0.649 bits per heavy atom. The van der Waals surface area contributed by atoms with Crippen molar-refractivity contribution in [3.63, 3.8) is 0 Å². The first-order chi connectivity index (χ1) is 45.9. The Kier molecular flexibility index (Phi) is 29.9. The van der Waals surface area contributed by atoms with Crippen molar-refractivity contribution in [2.75, 3.05) is 113 Å². The quantitative estimate of drug-likeness (QED) is 0.0131. The fraction of sp³-hybridized carbons (Fsp3) is 0.516. The topological polar surface area (TPSA) is 293 Å². The molecule has 1 heterocycles. The zero-order chi connectivity index (χ0) is 71.7. The minimum absolute atomic E-state index is 0.0384. The number of carbonyl (C=O) groups excluding carboxylic acids is 1. The van der Waals surface area contributed by atoms with Crippen molar-refractivity contribution in [3.8, 4) is 0 Å². The van der Waals surface area contributed by atoms with Crippen molar-refractivity contribution in [3.05, 3.63) is 125 Å². The van der Waals surface area contributed by atoms with E-state index >= 15 is 8.78 Å². The fourth-order valence-corrected chi connectivity index (χ4v) is 16.5.